The fourth-order valence-corrected chi connectivity index (χ4v) is 1.82. The van der Waals surface area contributed by atoms with Gasteiger partial charge in [-0.3, -0.25) is 0 Å². The molecule has 0 bridgehead atoms. The predicted molar refractivity (Wildman–Crippen MR) is 68.6 cm³/mol. The minimum Gasteiger partial charge on any atom is -0.486 e. The third-order valence-corrected chi connectivity index (χ3v) is 2.85. The SMILES string of the molecule is Cn1cc(C(=O)O)nc1COc1cccc(Br)c1. The molecule has 1 aromatic carbocycles. The van der Waals surface area contributed by atoms with Gasteiger partial charge < -0.3 is 14.4 Å². The van der Waals surface area contributed by atoms with E-state index < -0.39 is 5.97 Å². The largest absolute Gasteiger partial charge is 0.486 e. The molecule has 94 valence electrons. The summed E-state index contributed by atoms with van der Waals surface area (Å²) in [5, 5.41) is 8.82. The van der Waals surface area contributed by atoms with Gasteiger partial charge in [0, 0.05) is 17.7 Å². The van der Waals surface area contributed by atoms with E-state index >= 15 is 0 Å². The smallest absolute Gasteiger partial charge is 0.356 e. The zero-order valence-electron chi connectivity index (χ0n) is 9.63. The van der Waals surface area contributed by atoms with Crippen molar-refractivity contribution in [1.82, 2.24) is 9.55 Å². The van der Waals surface area contributed by atoms with Crippen molar-refractivity contribution in [3.8, 4) is 5.75 Å². The number of ether oxygens (including phenoxy) is 1. The molecule has 0 aliphatic rings. The molecule has 0 spiro atoms. The third-order valence-electron chi connectivity index (χ3n) is 2.36. The normalized spacial score (nSPS) is 10.3. The first-order valence-corrected chi connectivity index (χ1v) is 5.99. The standard InChI is InChI=1S/C12H11BrN2O3/c1-15-6-10(12(16)17)14-11(15)7-18-9-4-2-3-8(13)5-9/h2-6H,7H2,1H3,(H,16,17). The van der Waals surface area contributed by atoms with E-state index in [9.17, 15) is 4.79 Å². The fourth-order valence-electron chi connectivity index (χ4n) is 1.45. The van der Waals surface area contributed by atoms with Crippen LogP contribution in [0.25, 0.3) is 0 Å². The lowest BCUT2D eigenvalue weighted by atomic mass is 10.3. The van der Waals surface area contributed by atoms with Gasteiger partial charge in [-0.05, 0) is 18.2 Å². The van der Waals surface area contributed by atoms with Crippen molar-refractivity contribution in [1.29, 1.82) is 0 Å². The number of carbonyl (C=O) groups is 1. The van der Waals surface area contributed by atoms with E-state index in [0.717, 1.165) is 4.47 Å². The Hall–Kier alpha value is -1.82. The maximum Gasteiger partial charge on any atom is 0.356 e. The second-order valence-electron chi connectivity index (χ2n) is 3.70. The van der Waals surface area contributed by atoms with Gasteiger partial charge in [-0.1, -0.05) is 22.0 Å². The maximum atomic E-state index is 10.8. The van der Waals surface area contributed by atoms with E-state index in [4.69, 9.17) is 9.84 Å². The number of hydrogen-bond donors (Lipinski definition) is 1. The minimum absolute atomic E-state index is 0.0188. The molecule has 2 aromatic rings. The summed E-state index contributed by atoms with van der Waals surface area (Å²) in [6.07, 6.45) is 1.46. The van der Waals surface area contributed by atoms with E-state index in [1.807, 2.05) is 24.3 Å². The van der Waals surface area contributed by atoms with Crippen molar-refractivity contribution in [2.75, 3.05) is 0 Å². The van der Waals surface area contributed by atoms with Gasteiger partial charge in [-0.15, -0.1) is 0 Å². The molecule has 0 atom stereocenters. The topological polar surface area (TPSA) is 64.4 Å². The molecule has 6 heteroatoms. The first-order chi connectivity index (χ1) is 8.56. The lowest BCUT2D eigenvalue weighted by Gasteiger charge is -2.06. The Morgan fingerprint density at radius 2 is 2.33 bits per heavy atom. The number of halogens is 1. The van der Waals surface area contributed by atoms with Gasteiger partial charge in [0.05, 0.1) is 0 Å². The highest BCUT2D eigenvalue weighted by Crippen LogP contribution is 2.18. The number of carboxylic acids is 1. The van der Waals surface area contributed by atoms with Gasteiger partial charge in [0.2, 0.25) is 0 Å². The summed E-state index contributed by atoms with van der Waals surface area (Å²) in [6.45, 7) is 0.222. The zero-order chi connectivity index (χ0) is 13.1. The van der Waals surface area contributed by atoms with Crippen LogP contribution in [-0.2, 0) is 13.7 Å². The molecule has 5 nitrogen and oxygen atoms in total. The highest BCUT2D eigenvalue weighted by Gasteiger charge is 2.11. The van der Waals surface area contributed by atoms with Crippen LogP contribution in [0.5, 0.6) is 5.75 Å². The monoisotopic (exact) mass is 310 g/mol. The summed E-state index contributed by atoms with van der Waals surface area (Å²) in [7, 11) is 1.74. The summed E-state index contributed by atoms with van der Waals surface area (Å²) in [5.41, 5.74) is 0.0188. The van der Waals surface area contributed by atoms with Crippen molar-refractivity contribution in [3.05, 3.63) is 46.5 Å². The molecule has 1 aromatic heterocycles. The second-order valence-corrected chi connectivity index (χ2v) is 4.62. The number of imidazole rings is 1. The van der Waals surface area contributed by atoms with E-state index in [-0.39, 0.29) is 12.3 Å². The van der Waals surface area contributed by atoms with Crippen LogP contribution < -0.4 is 4.74 Å². The Kier molecular flexibility index (Phi) is 3.66. The molecule has 0 unspecified atom stereocenters. The van der Waals surface area contributed by atoms with Crippen LogP contribution >= 0.6 is 15.9 Å². The van der Waals surface area contributed by atoms with Crippen molar-refractivity contribution in [2.24, 2.45) is 7.05 Å². The molecule has 1 heterocycles. The molecule has 0 saturated carbocycles. The van der Waals surface area contributed by atoms with Crippen molar-refractivity contribution in [2.45, 2.75) is 6.61 Å². The molecule has 0 aliphatic heterocycles. The first-order valence-electron chi connectivity index (χ1n) is 5.20. The molecule has 0 saturated heterocycles. The summed E-state index contributed by atoms with van der Waals surface area (Å²) < 4.78 is 8.10. The highest BCUT2D eigenvalue weighted by molar-refractivity contribution is 9.10. The number of carboxylic acid groups (broad SMARTS) is 1. The van der Waals surface area contributed by atoms with Crippen LogP contribution in [0.2, 0.25) is 0 Å². The van der Waals surface area contributed by atoms with E-state index in [1.54, 1.807) is 11.6 Å². The molecular weight excluding hydrogens is 300 g/mol. The highest BCUT2D eigenvalue weighted by atomic mass is 79.9. The Balaban J connectivity index is 2.08. The average molecular weight is 311 g/mol. The van der Waals surface area contributed by atoms with Crippen molar-refractivity contribution >= 4 is 21.9 Å². The Bertz CT molecular complexity index is 580. The van der Waals surface area contributed by atoms with E-state index in [0.29, 0.717) is 11.6 Å². The number of nitrogens with zero attached hydrogens (tertiary/aromatic N) is 2. The third kappa shape index (κ3) is 2.89. The van der Waals surface area contributed by atoms with Gasteiger partial charge in [0.1, 0.15) is 18.2 Å². The van der Waals surface area contributed by atoms with E-state index in [2.05, 4.69) is 20.9 Å². The number of benzene rings is 1. The van der Waals surface area contributed by atoms with Crippen LogP contribution in [0.3, 0.4) is 0 Å². The lowest BCUT2D eigenvalue weighted by molar-refractivity contribution is 0.0690. The van der Waals surface area contributed by atoms with Crippen LogP contribution in [0, 0.1) is 0 Å². The van der Waals surface area contributed by atoms with Crippen LogP contribution in [0.4, 0.5) is 0 Å². The number of aryl methyl sites for hydroxylation is 1. The quantitative estimate of drug-likeness (QED) is 0.942. The van der Waals surface area contributed by atoms with Gasteiger partial charge in [-0.25, -0.2) is 9.78 Å². The molecule has 18 heavy (non-hydrogen) atoms. The Morgan fingerprint density at radius 1 is 1.56 bits per heavy atom. The molecule has 1 N–H and O–H groups in total. The van der Waals surface area contributed by atoms with Crippen LogP contribution in [0.1, 0.15) is 16.3 Å². The van der Waals surface area contributed by atoms with Crippen molar-refractivity contribution < 1.29 is 14.6 Å². The van der Waals surface area contributed by atoms with Crippen LogP contribution in [-0.4, -0.2) is 20.6 Å². The first kappa shape index (κ1) is 12.6. The number of hydrogen-bond acceptors (Lipinski definition) is 3. The summed E-state index contributed by atoms with van der Waals surface area (Å²) >= 11 is 3.35. The van der Waals surface area contributed by atoms with Gasteiger partial charge >= 0.3 is 5.97 Å². The van der Waals surface area contributed by atoms with E-state index in [1.165, 1.54) is 6.20 Å². The summed E-state index contributed by atoms with van der Waals surface area (Å²) in [6, 6.07) is 7.42. The number of rotatable bonds is 4. The maximum absolute atomic E-state index is 10.8. The minimum atomic E-state index is -1.04. The Morgan fingerprint density at radius 3 is 2.94 bits per heavy atom. The lowest BCUT2D eigenvalue weighted by Crippen LogP contribution is -2.03. The molecule has 0 aliphatic carbocycles. The Labute approximate surface area is 112 Å². The van der Waals surface area contributed by atoms with Gasteiger partial charge in [0.15, 0.2) is 5.69 Å². The molecule has 0 amide bonds. The number of aromatic nitrogens is 2. The van der Waals surface area contributed by atoms with Crippen molar-refractivity contribution in [3.63, 3.8) is 0 Å². The van der Waals surface area contributed by atoms with Gasteiger partial charge in [-0.2, -0.15) is 0 Å². The molecular formula is C12H11BrN2O3. The van der Waals surface area contributed by atoms with Gasteiger partial charge in [0.25, 0.3) is 0 Å². The average Bonchev–Trinajstić information content (AvgIpc) is 2.68. The van der Waals surface area contributed by atoms with Crippen LogP contribution in [0.15, 0.2) is 34.9 Å². The summed E-state index contributed by atoms with van der Waals surface area (Å²) in [4.78, 5) is 14.7. The summed E-state index contributed by atoms with van der Waals surface area (Å²) in [5.74, 6) is 0.218. The fraction of sp³-hybridized carbons (Fsp3) is 0.167. The number of aromatic carboxylic acids is 1. The molecule has 0 radical (unpaired) electrons. The molecule has 0 fully saturated rings. The second kappa shape index (κ2) is 5.22. The zero-order valence-corrected chi connectivity index (χ0v) is 11.2. The molecule has 2 rings (SSSR count). The predicted octanol–water partition coefficient (Wildman–Crippen LogP) is 2.46.